The zero-order chi connectivity index (χ0) is 18.6. The quantitative estimate of drug-likeness (QED) is 0.677. The van der Waals surface area contributed by atoms with Crippen LogP contribution in [-0.4, -0.2) is 45.4 Å². The molecule has 140 valence electrons. The maximum absolute atomic E-state index is 12.4. The lowest BCUT2D eigenvalue weighted by atomic mass is 9.97. The molecule has 1 aliphatic heterocycles. The van der Waals surface area contributed by atoms with Crippen LogP contribution in [0.2, 0.25) is 10.0 Å². The molecule has 1 heterocycles. The van der Waals surface area contributed by atoms with E-state index >= 15 is 0 Å². The molecule has 0 unspecified atom stereocenters. The third-order valence-electron chi connectivity index (χ3n) is 4.43. The zero-order valence-corrected chi connectivity index (χ0v) is 16.4. The second-order valence-corrected chi connectivity index (χ2v) is 8.80. The lowest BCUT2D eigenvalue weighted by Crippen LogP contribution is -2.42. The molecule has 25 heavy (non-hydrogen) atoms. The van der Waals surface area contributed by atoms with Crippen molar-refractivity contribution in [2.24, 2.45) is 11.7 Å². The molecule has 1 atom stereocenters. The van der Waals surface area contributed by atoms with Crippen molar-refractivity contribution in [3.8, 4) is 0 Å². The summed E-state index contributed by atoms with van der Waals surface area (Å²) in [7, 11) is -3.69. The van der Waals surface area contributed by atoms with E-state index in [1.807, 2.05) is 0 Å². The van der Waals surface area contributed by atoms with Crippen LogP contribution in [0.4, 0.5) is 0 Å². The fraction of sp³-hybridized carbons (Fsp3) is 0.562. The number of carbonyl (C=O) groups is 1. The molecule has 1 saturated heterocycles. The molecule has 1 aromatic rings. The standard InChI is InChI=1S/C16H23Cl2N3O3S/c1-11-13(17)5-6-14(15(11)18)25(23,24)20-7-3-9-21-8-2-4-12(10-21)16(19)22/h5-6,12,20H,2-4,7-10H2,1H3,(H2,19,22)/t12-/m0/s1. The van der Waals surface area contributed by atoms with E-state index in [1.54, 1.807) is 6.92 Å². The number of nitrogens with two attached hydrogens (primary N) is 1. The lowest BCUT2D eigenvalue weighted by Gasteiger charge is -2.31. The number of hydrogen-bond acceptors (Lipinski definition) is 4. The number of hydrogen-bond donors (Lipinski definition) is 2. The molecule has 1 aliphatic rings. The Labute approximate surface area is 158 Å². The van der Waals surface area contributed by atoms with Crippen LogP contribution in [0.3, 0.4) is 0 Å². The Morgan fingerprint density at radius 2 is 2.12 bits per heavy atom. The third kappa shape index (κ3) is 5.31. The molecule has 6 nitrogen and oxygen atoms in total. The van der Waals surface area contributed by atoms with Gasteiger partial charge in [0.2, 0.25) is 15.9 Å². The van der Waals surface area contributed by atoms with Gasteiger partial charge in [0.15, 0.2) is 0 Å². The summed E-state index contributed by atoms with van der Waals surface area (Å²) in [4.78, 5) is 13.5. The van der Waals surface area contributed by atoms with Crippen molar-refractivity contribution >= 4 is 39.1 Å². The SMILES string of the molecule is Cc1c(Cl)ccc(S(=O)(=O)NCCCN2CCC[C@H](C(N)=O)C2)c1Cl. The van der Waals surface area contributed by atoms with Crippen LogP contribution < -0.4 is 10.5 Å². The molecule has 9 heteroatoms. The van der Waals surface area contributed by atoms with Gasteiger partial charge < -0.3 is 10.6 Å². The normalized spacial score (nSPS) is 19.1. The lowest BCUT2D eigenvalue weighted by molar-refractivity contribution is -0.123. The Balaban J connectivity index is 1.87. The molecule has 0 saturated carbocycles. The van der Waals surface area contributed by atoms with E-state index in [2.05, 4.69) is 9.62 Å². The number of rotatable bonds is 7. The van der Waals surface area contributed by atoms with Crippen molar-refractivity contribution in [3.63, 3.8) is 0 Å². The molecule has 3 N–H and O–H groups in total. The van der Waals surface area contributed by atoms with Gasteiger partial charge in [0.1, 0.15) is 4.90 Å². The summed E-state index contributed by atoms with van der Waals surface area (Å²) in [6.07, 6.45) is 2.39. The van der Waals surface area contributed by atoms with Crippen LogP contribution in [0.5, 0.6) is 0 Å². The Morgan fingerprint density at radius 1 is 1.40 bits per heavy atom. The third-order valence-corrected chi connectivity index (χ3v) is 6.94. The smallest absolute Gasteiger partial charge is 0.242 e. The predicted octanol–water partition coefficient (Wildman–Crippen LogP) is 2.17. The Kier molecular flexibility index (Phi) is 7.10. The molecule has 0 bridgehead atoms. The van der Waals surface area contributed by atoms with E-state index in [-0.39, 0.29) is 28.3 Å². The van der Waals surface area contributed by atoms with Crippen LogP contribution in [0.15, 0.2) is 17.0 Å². The Morgan fingerprint density at radius 3 is 2.80 bits per heavy atom. The van der Waals surface area contributed by atoms with Crippen molar-refractivity contribution in [2.45, 2.75) is 31.1 Å². The van der Waals surface area contributed by atoms with Gasteiger partial charge in [0.25, 0.3) is 0 Å². The van der Waals surface area contributed by atoms with E-state index in [0.29, 0.717) is 30.1 Å². The highest BCUT2D eigenvalue weighted by Crippen LogP contribution is 2.30. The highest BCUT2D eigenvalue weighted by Gasteiger charge is 2.24. The minimum Gasteiger partial charge on any atom is -0.369 e. The molecule has 0 radical (unpaired) electrons. The maximum atomic E-state index is 12.4. The molecule has 0 aromatic heterocycles. The monoisotopic (exact) mass is 407 g/mol. The van der Waals surface area contributed by atoms with Crippen molar-refractivity contribution in [1.82, 2.24) is 9.62 Å². The minimum atomic E-state index is -3.69. The first-order valence-electron chi connectivity index (χ1n) is 8.18. The van der Waals surface area contributed by atoms with E-state index in [4.69, 9.17) is 28.9 Å². The molecule has 2 rings (SSSR count). The average molecular weight is 408 g/mol. The second kappa shape index (κ2) is 8.68. The summed E-state index contributed by atoms with van der Waals surface area (Å²) in [5, 5.41) is 0.568. The minimum absolute atomic E-state index is 0.0304. The van der Waals surface area contributed by atoms with Gasteiger partial charge in [0, 0.05) is 18.1 Å². The summed E-state index contributed by atoms with van der Waals surface area (Å²) < 4.78 is 27.4. The predicted molar refractivity (Wildman–Crippen MR) is 99.4 cm³/mol. The van der Waals surface area contributed by atoms with Crippen molar-refractivity contribution in [1.29, 1.82) is 0 Å². The van der Waals surface area contributed by atoms with Gasteiger partial charge in [-0.25, -0.2) is 13.1 Å². The van der Waals surface area contributed by atoms with E-state index < -0.39 is 10.0 Å². The van der Waals surface area contributed by atoms with Gasteiger partial charge in [-0.15, -0.1) is 0 Å². The molecular weight excluding hydrogens is 385 g/mol. The van der Waals surface area contributed by atoms with Crippen LogP contribution >= 0.6 is 23.2 Å². The number of nitrogens with zero attached hydrogens (tertiary/aromatic N) is 1. The highest BCUT2D eigenvalue weighted by molar-refractivity contribution is 7.89. The van der Waals surface area contributed by atoms with Crippen molar-refractivity contribution < 1.29 is 13.2 Å². The van der Waals surface area contributed by atoms with Gasteiger partial charge in [-0.1, -0.05) is 23.2 Å². The topological polar surface area (TPSA) is 92.5 Å². The maximum Gasteiger partial charge on any atom is 0.242 e. The summed E-state index contributed by atoms with van der Waals surface area (Å²) >= 11 is 12.1. The van der Waals surface area contributed by atoms with E-state index in [0.717, 1.165) is 19.4 Å². The second-order valence-electron chi connectivity index (χ2n) is 6.28. The molecule has 1 amide bonds. The number of primary amides is 1. The number of amides is 1. The summed E-state index contributed by atoms with van der Waals surface area (Å²) in [5.74, 6) is -0.376. The van der Waals surface area contributed by atoms with Crippen molar-refractivity contribution in [3.05, 3.63) is 27.7 Å². The van der Waals surface area contributed by atoms with Gasteiger partial charge in [-0.2, -0.15) is 0 Å². The van der Waals surface area contributed by atoms with Crippen LogP contribution in [-0.2, 0) is 14.8 Å². The van der Waals surface area contributed by atoms with Gasteiger partial charge >= 0.3 is 0 Å². The fourth-order valence-electron chi connectivity index (χ4n) is 2.92. The Hall–Kier alpha value is -0.860. The molecule has 0 spiro atoms. The van der Waals surface area contributed by atoms with E-state index in [9.17, 15) is 13.2 Å². The van der Waals surface area contributed by atoms with Crippen molar-refractivity contribution in [2.75, 3.05) is 26.2 Å². The number of likely N-dealkylation sites (tertiary alicyclic amines) is 1. The number of sulfonamides is 1. The van der Waals surface area contributed by atoms with Crippen LogP contribution in [0.25, 0.3) is 0 Å². The molecule has 0 aliphatic carbocycles. The first-order valence-corrected chi connectivity index (χ1v) is 10.4. The zero-order valence-electron chi connectivity index (χ0n) is 14.1. The van der Waals surface area contributed by atoms with Gasteiger partial charge in [0.05, 0.1) is 10.9 Å². The van der Waals surface area contributed by atoms with Gasteiger partial charge in [-0.05, 0) is 57.0 Å². The average Bonchev–Trinajstić information content (AvgIpc) is 2.56. The number of piperidine rings is 1. The van der Waals surface area contributed by atoms with E-state index in [1.165, 1.54) is 12.1 Å². The number of nitrogens with one attached hydrogen (secondary N) is 1. The molecule has 1 aromatic carbocycles. The number of benzene rings is 1. The largest absolute Gasteiger partial charge is 0.369 e. The number of halogens is 2. The van der Waals surface area contributed by atoms with Crippen LogP contribution in [0.1, 0.15) is 24.8 Å². The highest BCUT2D eigenvalue weighted by atomic mass is 35.5. The first-order chi connectivity index (χ1) is 11.7. The summed E-state index contributed by atoms with van der Waals surface area (Å²) in [6.45, 7) is 4.22. The fourth-order valence-corrected chi connectivity index (χ4v) is 4.80. The van der Waals surface area contributed by atoms with Crippen LogP contribution in [0, 0.1) is 12.8 Å². The molecular formula is C16H23Cl2N3O3S. The van der Waals surface area contributed by atoms with Gasteiger partial charge in [-0.3, -0.25) is 4.79 Å². The Bertz CT molecular complexity index is 740. The first kappa shape index (κ1) is 20.5. The summed E-state index contributed by atoms with van der Waals surface area (Å²) in [5.41, 5.74) is 5.90. The number of carbonyl (C=O) groups excluding carboxylic acids is 1. The summed E-state index contributed by atoms with van der Waals surface area (Å²) in [6, 6.07) is 2.93. The molecule has 1 fully saturated rings.